The third-order valence-electron chi connectivity index (χ3n) is 7.56. The normalized spacial score (nSPS) is 30.1. The monoisotopic (exact) mass is 466 g/mol. The Bertz CT molecular complexity index is 1300. The summed E-state index contributed by atoms with van der Waals surface area (Å²) in [7, 11) is 0. The SMILES string of the molecule is Cc1cc(Cl)cc2c1NC(=O)[C@@]21[C@@H]2C(=O)N(c3cccc([N+](=O)[O-])c3)C(=O)[C@H]2[C@H]2CCCN21. The molecule has 2 aromatic rings. The number of aryl methyl sites for hydroxylation is 1. The van der Waals surface area contributed by atoms with Gasteiger partial charge in [0.1, 0.15) is 5.54 Å². The number of anilines is 2. The molecule has 168 valence electrons. The Hall–Kier alpha value is -3.30. The zero-order chi connectivity index (χ0) is 23.2. The van der Waals surface area contributed by atoms with E-state index in [1.807, 2.05) is 11.8 Å². The first-order valence-corrected chi connectivity index (χ1v) is 11.2. The van der Waals surface area contributed by atoms with Gasteiger partial charge in [0.2, 0.25) is 17.7 Å². The van der Waals surface area contributed by atoms with Crippen LogP contribution >= 0.6 is 11.6 Å². The number of imide groups is 1. The summed E-state index contributed by atoms with van der Waals surface area (Å²) in [6.07, 6.45) is 1.49. The van der Waals surface area contributed by atoms with Crippen LogP contribution < -0.4 is 10.2 Å². The molecule has 3 amide bonds. The molecule has 3 saturated heterocycles. The number of hydrogen-bond acceptors (Lipinski definition) is 6. The van der Waals surface area contributed by atoms with Crippen molar-refractivity contribution in [1.82, 2.24) is 4.90 Å². The quantitative estimate of drug-likeness (QED) is 0.413. The topological polar surface area (TPSA) is 113 Å². The number of fused-ring (bicyclic) bond motifs is 7. The minimum Gasteiger partial charge on any atom is -0.324 e. The predicted octanol–water partition coefficient (Wildman–Crippen LogP) is 2.99. The Morgan fingerprint density at radius 3 is 2.73 bits per heavy atom. The summed E-state index contributed by atoms with van der Waals surface area (Å²) < 4.78 is 0. The zero-order valence-corrected chi connectivity index (χ0v) is 18.3. The summed E-state index contributed by atoms with van der Waals surface area (Å²) in [5.74, 6) is -2.91. The number of carbonyl (C=O) groups excluding carboxylic acids is 3. The van der Waals surface area contributed by atoms with Gasteiger partial charge in [-0.2, -0.15) is 0 Å². The highest BCUT2D eigenvalue weighted by Crippen LogP contribution is 2.61. The molecule has 6 rings (SSSR count). The van der Waals surface area contributed by atoms with Crippen LogP contribution in [0.15, 0.2) is 36.4 Å². The first-order chi connectivity index (χ1) is 15.8. The van der Waals surface area contributed by atoms with Crippen molar-refractivity contribution >= 4 is 46.4 Å². The summed E-state index contributed by atoms with van der Waals surface area (Å²) in [6.45, 7) is 2.43. The van der Waals surface area contributed by atoms with Gasteiger partial charge in [-0.05, 0) is 50.1 Å². The number of halogens is 1. The number of amides is 3. The Kier molecular flexibility index (Phi) is 4.07. The molecule has 2 aromatic carbocycles. The fourth-order valence-corrected chi connectivity index (χ4v) is 6.71. The molecule has 3 fully saturated rings. The van der Waals surface area contributed by atoms with Gasteiger partial charge in [0.25, 0.3) is 5.69 Å². The lowest BCUT2D eigenvalue weighted by molar-refractivity contribution is -0.384. The number of nitro benzene ring substituents is 1. The molecule has 4 atom stereocenters. The van der Waals surface area contributed by atoms with E-state index in [2.05, 4.69) is 5.32 Å². The molecule has 10 heteroatoms. The molecule has 0 saturated carbocycles. The maximum absolute atomic E-state index is 13.9. The van der Waals surface area contributed by atoms with E-state index in [4.69, 9.17) is 11.6 Å². The zero-order valence-electron chi connectivity index (χ0n) is 17.6. The van der Waals surface area contributed by atoms with Gasteiger partial charge >= 0.3 is 0 Å². The average Bonchev–Trinajstić information content (AvgIpc) is 3.47. The molecule has 4 heterocycles. The summed E-state index contributed by atoms with van der Waals surface area (Å²) >= 11 is 6.38. The molecule has 4 aliphatic rings. The molecule has 0 bridgehead atoms. The number of non-ortho nitro benzene ring substituents is 1. The third-order valence-corrected chi connectivity index (χ3v) is 7.78. The van der Waals surface area contributed by atoms with E-state index in [0.717, 1.165) is 16.9 Å². The minimum atomic E-state index is -1.33. The molecule has 0 radical (unpaired) electrons. The summed E-state index contributed by atoms with van der Waals surface area (Å²) in [6, 6.07) is 8.68. The standard InChI is InChI=1S/C23H19ClN4O5/c1-11-8-12(24)9-15-19(11)25-22(31)23(15)18-17(16-6-3-7-26(16)23)20(29)27(21(18)30)13-4-2-5-14(10-13)28(32)33/h2,4-5,8-10,16-18H,3,6-7H2,1H3,(H,25,31)/t16-,17+,18+,23+/m1/s1. The van der Waals surface area contributed by atoms with Crippen LogP contribution in [0.3, 0.4) is 0 Å². The van der Waals surface area contributed by atoms with Crippen molar-refractivity contribution in [3.8, 4) is 0 Å². The lowest BCUT2D eigenvalue weighted by atomic mass is 9.75. The number of rotatable bonds is 2. The van der Waals surface area contributed by atoms with Gasteiger partial charge in [0, 0.05) is 34.4 Å². The lowest BCUT2D eigenvalue weighted by Crippen LogP contribution is -2.54. The van der Waals surface area contributed by atoms with E-state index >= 15 is 0 Å². The predicted molar refractivity (Wildman–Crippen MR) is 119 cm³/mol. The van der Waals surface area contributed by atoms with E-state index in [1.165, 1.54) is 24.3 Å². The second kappa shape index (κ2) is 6.61. The van der Waals surface area contributed by atoms with Crippen molar-refractivity contribution in [2.75, 3.05) is 16.8 Å². The number of nitrogens with zero attached hydrogens (tertiary/aromatic N) is 3. The fourth-order valence-electron chi connectivity index (χ4n) is 6.44. The van der Waals surface area contributed by atoms with E-state index in [9.17, 15) is 24.5 Å². The van der Waals surface area contributed by atoms with Crippen LogP contribution in [0.5, 0.6) is 0 Å². The van der Waals surface area contributed by atoms with Gasteiger partial charge in [-0.3, -0.25) is 29.4 Å². The minimum absolute atomic E-state index is 0.147. The number of nitro groups is 1. The van der Waals surface area contributed by atoms with E-state index < -0.39 is 34.1 Å². The van der Waals surface area contributed by atoms with Crippen molar-refractivity contribution in [3.63, 3.8) is 0 Å². The van der Waals surface area contributed by atoms with Crippen LogP contribution in [-0.4, -0.2) is 40.1 Å². The average molecular weight is 467 g/mol. The molecule has 0 unspecified atom stereocenters. The smallest absolute Gasteiger partial charge is 0.271 e. The van der Waals surface area contributed by atoms with Gasteiger partial charge in [-0.1, -0.05) is 17.7 Å². The van der Waals surface area contributed by atoms with Crippen molar-refractivity contribution < 1.29 is 19.3 Å². The Morgan fingerprint density at radius 1 is 1.18 bits per heavy atom. The highest BCUT2D eigenvalue weighted by atomic mass is 35.5. The summed E-state index contributed by atoms with van der Waals surface area (Å²) in [5, 5.41) is 14.7. The van der Waals surface area contributed by atoms with Gasteiger partial charge in [-0.25, -0.2) is 4.90 Å². The van der Waals surface area contributed by atoms with Crippen molar-refractivity contribution in [2.24, 2.45) is 11.8 Å². The lowest BCUT2D eigenvalue weighted by Gasteiger charge is -2.36. The second-order valence-electron chi connectivity index (χ2n) is 9.06. The molecule has 0 aliphatic carbocycles. The van der Waals surface area contributed by atoms with Crippen molar-refractivity contribution in [3.05, 3.63) is 62.7 Å². The van der Waals surface area contributed by atoms with Crippen LogP contribution in [0.4, 0.5) is 17.1 Å². The molecule has 1 spiro atoms. The van der Waals surface area contributed by atoms with E-state index in [0.29, 0.717) is 29.2 Å². The highest BCUT2D eigenvalue weighted by molar-refractivity contribution is 6.31. The third kappa shape index (κ3) is 2.38. The molecule has 4 aliphatic heterocycles. The first kappa shape index (κ1) is 20.3. The largest absolute Gasteiger partial charge is 0.324 e. The van der Waals surface area contributed by atoms with Gasteiger partial charge in [-0.15, -0.1) is 0 Å². The molecule has 33 heavy (non-hydrogen) atoms. The second-order valence-corrected chi connectivity index (χ2v) is 9.50. The number of benzene rings is 2. The van der Waals surface area contributed by atoms with Gasteiger partial charge < -0.3 is 5.32 Å². The van der Waals surface area contributed by atoms with E-state index in [-0.39, 0.29) is 23.3 Å². The molecular formula is C23H19ClN4O5. The van der Waals surface area contributed by atoms with Gasteiger partial charge in [0.15, 0.2) is 0 Å². The molecular weight excluding hydrogens is 448 g/mol. The maximum atomic E-state index is 13.9. The fraction of sp³-hybridized carbons (Fsp3) is 0.348. The molecule has 9 nitrogen and oxygen atoms in total. The summed E-state index contributed by atoms with van der Waals surface area (Å²) in [5.41, 5.74) is 0.639. The number of nitrogens with one attached hydrogen (secondary N) is 1. The summed E-state index contributed by atoms with van der Waals surface area (Å²) in [4.78, 5) is 55.0. The number of hydrogen-bond donors (Lipinski definition) is 1. The van der Waals surface area contributed by atoms with Crippen molar-refractivity contribution in [2.45, 2.75) is 31.3 Å². The van der Waals surface area contributed by atoms with E-state index in [1.54, 1.807) is 12.1 Å². The maximum Gasteiger partial charge on any atom is 0.271 e. The van der Waals surface area contributed by atoms with Crippen LogP contribution in [0.2, 0.25) is 5.02 Å². The molecule has 1 N–H and O–H groups in total. The van der Waals surface area contributed by atoms with Crippen LogP contribution in [0.1, 0.15) is 24.0 Å². The van der Waals surface area contributed by atoms with Crippen LogP contribution in [-0.2, 0) is 19.9 Å². The Morgan fingerprint density at radius 2 is 1.97 bits per heavy atom. The first-order valence-electron chi connectivity index (χ1n) is 10.8. The van der Waals surface area contributed by atoms with Crippen LogP contribution in [0, 0.1) is 28.9 Å². The highest BCUT2D eigenvalue weighted by Gasteiger charge is 2.74. The van der Waals surface area contributed by atoms with Crippen molar-refractivity contribution in [1.29, 1.82) is 0 Å². The van der Waals surface area contributed by atoms with Crippen LogP contribution in [0.25, 0.3) is 0 Å². The van der Waals surface area contributed by atoms with Gasteiger partial charge in [0.05, 0.1) is 22.4 Å². The Labute approximate surface area is 193 Å². The molecule has 0 aromatic heterocycles. The Balaban J connectivity index is 1.55. The number of carbonyl (C=O) groups is 3.